The van der Waals surface area contributed by atoms with E-state index in [1.807, 2.05) is 42.5 Å². The highest BCUT2D eigenvalue weighted by Crippen LogP contribution is 2.28. The molecule has 0 atom stereocenters. The van der Waals surface area contributed by atoms with Crippen LogP contribution < -0.4 is 14.8 Å². The van der Waals surface area contributed by atoms with Crippen LogP contribution in [0.4, 0.5) is 0 Å². The van der Waals surface area contributed by atoms with Crippen LogP contribution in [0, 0.1) is 0 Å². The van der Waals surface area contributed by atoms with E-state index in [4.69, 9.17) is 23.7 Å². The molecule has 0 aliphatic carbocycles. The summed E-state index contributed by atoms with van der Waals surface area (Å²) >= 11 is 0. The number of rotatable bonds is 16. The molecule has 0 radical (unpaired) electrons. The van der Waals surface area contributed by atoms with Crippen LogP contribution in [0.5, 0.6) is 11.5 Å². The monoisotopic (exact) mass is 505 g/mol. The molecule has 1 N–H and O–H groups in total. The number of ether oxygens (including phenoxy) is 5. The van der Waals surface area contributed by atoms with Crippen LogP contribution in [-0.4, -0.2) is 53.3 Å². The molecule has 1 amide bonds. The highest BCUT2D eigenvalue weighted by molar-refractivity contribution is 5.91. The van der Waals surface area contributed by atoms with E-state index in [0.717, 1.165) is 16.7 Å². The van der Waals surface area contributed by atoms with Crippen molar-refractivity contribution in [3.63, 3.8) is 0 Å². The Morgan fingerprint density at radius 2 is 1.57 bits per heavy atom. The third kappa shape index (κ3) is 9.73. The fraction of sp³-hybridized carbons (Fsp3) is 0.300. The van der Waals surface area contributed by atoms with Crippen molar-refractivity contribution < 1.29 is 28.5 Å². The Morgan fingerprint density at radius 3 is 2.22 bits per heavy atom. The van der Waals surface area contributed by atoms with Gasteiger partial charge >= 0.3 is 0 Å². The van der Waals surface area contributed by atoms with Gasteiger partial charge in [0, 0.05) is 26.3 Å². The zero-order valence-electron chi connectivity index (χ0n) is 21.4. The predicted molar refractivity (Wildman–Crippen MR) is 144 cm³/mol. The smallest absolute Gasteiger partial charge is 0.244 e. The average molecular weight is 506 g/mol. The Balaban J connectivity index is 1.43. The molecule has 0 fully saturated rings. The number of hydrogen-bond acceptors (Lipinski definition) is 6. The summed E-state index contributed by atoms with van der Waals surface area (Å²) in [5.41, 5.74) is 3.02. The average Bonchev–Trinajstić information content (AvgIpc) is 2.95. The van der Waals surface area contributed by atoms with Crippen molar-refractivity contribution in [2.45, 2.75) is 12.5 Å². The van der Waals surface area contributed by atoms with E-state index in [1.54, 1.807) is 32.4 Å². The van der Waals surface area contributed by atoms with Crippen molar-refractivity contribution in [1.29, 1.82) is 0 Å². The van der Waals surface area contributed by atoms with Crippen molar-refractivity contribution in [2.75, 3.05) is 47.4 Å². The molecule has 0 aliphatic heterocycles. The lowest BCUT2D eigenvalue weighted by Gasteiger charge is -2.19. The quantitative estimate of drug-likeness (QED) is 0.167. The van der Waals surface area contributed by atoms with E-state index in [-0.39, 0.29) is 18.8 Å². The van der Waals surface area contributed by atoms with Crippen molar-refractivity contribution >= 4 is 12.0 Å². The minimum atomic E-state index is -0.173. The molecule has 7 heteroatoms. The van der Waals surface area contributed by atoms with Gasteiger partial charge in [-0.05, 0) is 41.3 Å². The van der Waals surface area contributed by atoms with E-state index >= 15 is 0 Å². The lowest BCUT2D eigenvalue weighted by Crippen LogP contribution is -2.23. The summed E-state index contributed by atoms with van der Waals surface area (Å²) in [6.07, 6.45) is 3.79. The normalized spacial score (nSPS) is 11.1. The Hall–Kier alpha value is -3.65. The molecule has 0 aromatic heterocycles. The van der Waals surface area contributed by atoms with E-state index in [1.165, 1.54) is 6.08 Å². The van der Waals surface area contributed by atoms with Crippen LogP contribution in [0.3, 0.4) is 0 Å². The highest BCUT2D eigenvalue weighted by atomic mass is 16.7. The maximum Gasteiger partial charge on any atom is 0.244 e. The van der Waals surface area contributed by atoms with Crippen LogP contribution in [0.15, 0.2) is 84.9 Å². The summed E-state index contributed by atoms with van der Waals surface area (Å²) in [5.74, 6) is 0.945. The number of benzene rings is 3. The number of hydrogen-bond donors (Lipinski definition) is 1. The molecule has 0 spiro atoms. The number of carbonyl (C=O) groups is 1. The first kappa shape index (κ1) is 27.9. The molecule has 0 bridgehead atoms. The fourth-order valence-corrected chi connectivity index (χ4v) is 3.57. The zero-order valence-corrected chi connectivity index (χ0v) is 21.4. The first-order valence-electron chi connectivity index (χ1n) is 12.3. The minimum absolute atomic E-state index is 0.0957. The third-order valence-electron chi connectivity index (χ3n) is 5.45. The Labute approximate surface area is 219 Å². The number of nitrogens with one attached hydrogen (secondary N) is 1. The van der Waals surface area contributed by atoms with E-state index in [2.05, 4.69) is 29.6 Å². The summed E-state index contributed by atoms with van der Waals surface area (Å²) < 4.78 is 27.4. The maximum absolute atomic E-state index is 12.3. The highest BCUT2D eigenvalue weighted by Gasteiger charge is 2.14. The SMILES string of the molecule is COCCOCOc1ccc(C=CC(=O)NCCCOC(c2ccccc2)c2ccccc2)cc1OC. The molecule has 7 nitrogen and oxygen atoms in total. The van der Waals surface area contributed by atoms with Crippen molar-refractivity contribution in [1.82, 2.24) is 5.32 Å². The summed E-state index contributed by atoms with van der Waals surface area (Å²) in [6, 6.07) is 25.7. The van der Waals surface area contributed by atoms with Crippen molar-refractivity contribution in [3.8, 4) is 11.5 Å². The first-order valence-corrected chi connectivity index (χ1v) is 12.3. The molecule has 196 valence electrons. The van der Waals surface area contributed by atoms with Gasteiger partial charge in [-0.15, -0.1) is 0 Å². The first-order chi connectivity index (χ1) is 18.2. The molecule has 0 saturated heterocycles. The largest absolute Gasteiger partial charge is 0.493 e. The molecular weight excluding hydrogens is 470 g/mol. The maximum atomic E-state index is 12.3. The van der Waals surface area contributed by atoms with Gasteiger partial charge in [-0.3, -0.25) is 4.79 Å². The molecule has 3 aromatic rings. The van der Waals surface area contributed by atoms with Gasteiger partial charge in [0.2, 0.25) is 5.91 Å². The third-order valence-corrected chi connectivity index (χ3v) is 5.45. The van der Waals surface area contributed by atoms with E-state index in [9.17, 15) is 4.79 Å². The second kappa shape index (κ2) is 16.2. The Kier molecular flexibility index (Phi) is 12.2. The van der Waals surface area contributed by atoms with Gasteiger partial charge in [0.05, 0.1) is 20.3 Å². The van der Waals surface area contributed by atoms with Gasteiger partial charge < -0.3 is 29.0 Å². The van der Waals surface area contributed by atoms with Crippen molar-refractivity contribution in [3.05, 3.63) is 102 Å². The molecule has 37 heavy (non-hydrogen) atoms. The van der Waals surface area contributed by atoms with Crippen LogP contribution >= 0.6 is 0 Å². The molecule has 0 aliphatic rings. The minimum Gasteiger partial charge on any atom is -0.493 e. The molecule has 0 heterocycles. The zero-order chi connectivity index (χ0) is 26.1. The topological polar surface area (TPSA) is 75.3 Å². The van der Waals surface area contributed by atoms with Crippen molar-refractivity contribution in [2.24, 2.45) is 0 Å². The summed E-state index contributed by atoms with van der Waals surface area (Å²) in [4.78, 5) is 12.3. The van der Waals surface area contributed by atoms with E-state index < -0.39 is 0 Å². The molecule has 3 rings (SSSR count). The Morgan fingerprint density at radius 1 is 0.865 bits per heavy atom. The second-order valence-electron chi connectivity index (χ2n) is 8.12. The molecule has 3 aromatic carbocycles. The number of amides is 1. The Bertz CT molecular complexity index is 1050. The lowest BCUT2D eigenvalue weighted by molar-refractivity contribution is -0.116. The summed E-state index contributed by atoms with van der Waals surface area (Å²) in [5, 5.41) is 2.90. The van der Waals surface area contributed by atoms with Crippen LogP contribution in [0.2, 0.25) is 0 Å². The molecular formula is C30H35NO6. The summed E-state index contributed by atoms with van der Waals surface area (Å²) in [7, 11) is 3.18. The van der Waals surface area contributed by atoms with E-state index in [0.29, 0.717) is 44.3 Å². The number of methoxy groups -OCH3 is 2. The van der Waals surface area contributed by atoms with Gasteiger partial charge in [0.1, 0.15) is 6.10 Å². The molecule has 0 saturated carbocycles. The van der Waals surface area contributed by atoms with Gasteiger partial charge in [0.25, 0.3) is 0 Å². The summed E-state index contributed by atoms with van der Waals surface area (Å²) in [6.45, 7) is 2.08. The van der Waals surface area contributed by atoms with Gasteiger partial charge in [-0.1, -0.05) is 66.7 Å². The molecule has 0 unspecified atom stereocenters. The number of carbonyl (C=O) groups excluding carboxylic acids is 1. The predicted octanol–water partition coefficient (Wildman–Crippen LogP) is 5.02. The second-order valence-corrected chi connectivity index (χ2v) is 8.12. The van der Waals surface area contributed by atoms with Gasteiger partial charge in [0.15, 0.2) is 18.3 Å². The van der Waals surface area contributed by atoms with Crippen LogP contribution in [0.1, 0.15) is 29.2 Å². The van der Waals surface area contributed by atoms with Gasteiger partial charge in [-0.25, -0.2) is 0 Å². The van der Waals surface area contributed by atoms with Crippen LogP contribution in [0.25, 0.3) is 6.08 Å². The van der Waals surface area contributed by atoms with Gasteiger partial charge in [-0.2, -0.15) is 0 Å². The lowest BCUT2D eigenvalue weighted by atomic mass is 10.0. The van der Waals surface area contributed by atoms with Crippen LogP contribution in [-0.2, 0) is 19.0 Å². The fourth-order valence-electron chi connectivity index (χ4n) is 3.57. The standard InChI is InChI=1S/C30H35NO6/c1-33-20-21-35-23-37-27-16-14-24(22-28(27)34-2)15-17-29(32)31-18-9-19-36-30(25-10-5-3-6-11-25)26-12-7-4-8-13-26/h3-8,10-17,22,30H,9,18-21,23H2,1-2H3,(H,31,32).